The predicted molar refractivity (Wildman–Crippen MR) is 82.4 cm³/mol. The van der Waals surface area contributed by atoms with Gasteiger partial charge in [0.2, 0.25) is 0 Å². The van der Waals surface area contributed by atoms with Crippen LogP contribution in [0.15, 0.2) is 66.9 Å². The first kappa shape index (κ1) is 13.2. The molecule has 0 aliphatic rings. The third-order valence-electron chi connectivity index (χ3n) is 3.29. The Morgan fingerprint density at radius 1 is 0.952 bits per heavy atom. The van der Waals surface area contributed by atoms with Crippen molar-refractivity contribution in [1.29, 1.82) is 0 Å². The molecule has 0 radical (unpaired) electrons. The summed E-state index contributed by atoms with van der Waals surface area (Å²) in [7, 11) is 0. The minimum Gasteiger partial charge on any atom is -0.488 e. The minimum absolute atomic E-state index is 0.469. The molecule has 3 aromatic rings. The molecule has 0 spiro atoms. The maximum absolute atomic E-state index is 11.3. The van der Waals surface area contributed by atoms with Crippen LogP contribution in [0.25, 0.3) is 11.3 Å². The number of benzene rings is 2. The minimum atomic E-state index is 0.469. The van der Waals surface area contributed by atoms with Gasteiger partial charge in [-0.05, 0) is 23.8 Å². The molecule has 3 rings (SSSR count). The lowest BCUT2D eigenvalue weighted by molar-refractivity contribution is 0.112. The van der Waals surface area contributed by atoms with Crippen molar-refractivity contribution in [3.05, 3.63) is 78.0 Å². The highest BCUT2D eigenvalue weighted by Gasteiger charge is 2.12. The van der Waals surface area contributed by atoms with Crippen LogP contribution >= 0.6 is 0 Å². The van der Waals surface area contributed by atoms with Gasteiger partial charge in [0, 0.05) is 17.5 Å². The molecule has 0 bridgehead atoms. The van der Waals surface area contributed by atoms with Crippen LogP contribution < -0.4 is 4.74 Å². The molecule has 0 unspecified atom stereocenters. The normalized spacial score (nSPS) is 10.3. The van der Waals surface area contributed by atoms with Crippen molar-refractivity contribution >= 4 is 6.29 Å². The summed E-state index contributed by atoms with van der Waals surface area (Å²) in [6, 6.07) is 19.3. The number of aromatic nitrogens is 1. The number of aldehydes is 1. The van der Waals surface area contributed by atoms with Gasteiger partial charge in [0.15, 0.2) is 6.29 Å². The molecule has 1 N–H and O–H groups in total. The van der Waals surface area contributed by atoms with Crippen molar-refractivity contribution in [3.8, 4) is 17.0 Å². The van der Waals surface area contributed by atoms with Gasteiger partial charge in [-0.25, -0.2) is 0 Å². The Bertz CT molecular complexity index is 718. The van der Waals surface area contributed by atoms with Crippen molar-refractivity contribution in [2.45, 2.75) is 6.61 Å². The summed E-state index contributed by atoms with van der Waals surface area (Å²) in [6.07, 6.45) is 2.68. The number of hydrogen-bond acceptors (Lipinski definition) is 2. The fourth-order valence-corrected chi connectivity index (χ4v) is 2.28. The average molecular weight is 277 g/mol. The van der Waals surface area contributed by atoms with E-state index in [1.165, 1.54) is 0 Å². The van der Waals surface area contributed by atoms with Gasteiger partial charge in [-0.2, -0.15) is 0 Å². The van der Waals surface area contributed by atoms with Crippen molar-refractivity contribution in [2.24, 2.45) is 0 Å². The molecule has 0 saturated heterocycles. The van der Waals surface area contributed by atoms with Crippen molar-refractivity contribution in [2.75, 3.05) is 0 Å². The van der Waals surface area contributed by atoms with Crippen LogP contribution in [0, 0.1) is 0 Å². The molecular weight excluding hydrogens is 262 g/mol. The van der Waals surface area contributed by atoms with Crippen LogP contribution in [0.5, 0.6) is 5.75 Å². The van der Waals surface area contributed by atoms with Gasteiger partial charge in [-0.3, -0.25) is 4.79 Å². The fraction of sp³-hybridized carbons (Fsp3) is 0.0556. The first-order valence-corrected chi connectivity index (χ1v) is 6.77. The van der Waals surface area contributed by atoms with Gasteiger partial charge in [0.25, 0.3) is 0 Å². The molecule has 104 valence electrons. The number of carbonyl (C=O) groups excluding carboxylic acids is 1. The second kappa shape index (κ2) is 6.09. The summed E-state index contributed by atoms with van der Waals surface area (Å²) in [5.41, 5.74) is 3.38. The lowest BCUT2D eigenvalue weighted by Crippen LogP contribution is -1.99. The van der Waals surface area contributed by atoms with Gasteiger partial charge in [-0.15, -0.1) is 0 Å². The fourth-order valence-electron chi connectivity index (χ4n) is 2.28. The second-order valence-electron chi connectivity index (χ2n) is 4.70. The van der Waals surface area contributed by atoms with E-state index in [0.717, 1.165) is 23.1 Å². The lowest BCUT2D eigenvalue weighted by atomic mass is 10.0. The third-order valence-corrected chi connectivity index (χ3v) is 3.29. The summed E-state index contributed by atoms with van der Waals surface area (Å²) in [5.74, 6) is 0.700. The van der Waals surface area contributed by atoms with Crippen molar-refractivity contribution in [1.82, 2.24) is 4.98 Å². The largest absolute Gasteiger partial charge is 0.488 e. The quantitative estimate of drug-likeness (QED) is 0.714. The molecule has 0 saturated carbocycles. The molecule has 1 heterocycles. The topological polar surface area (TPSA) is 42.1 Å². The Kier molecular flexibility index (Phi) is 3.83. The highest BCUT2D eigenvalue weighted by Crippen LogP contribution is 2.32. The number of aromatic amines is 1. The number of rotatable bonds is 5. The molecule has 0 atom stereocenters. The van der Waals surface area contributed by atoms with Crippen LogP contribution in [-0.4, -0.2) is 11.3 Å². The maximum atomic E-state index is 11.3. The van der Waals surface area contributed by atoms with Crippen molar-refractivity contribution in [3.63, 3.8) is 0 Å². The molecule has 0 aliphatic carbocycles. The second-order valence-corrected chi connectivity index (χ2v) is 4.70. The van der Waals surface area contributed by atoms with E-state index < -0.39 is 0 Å². The SMILES string of the molecule is O=Cc1cccc(OCc2ccccc2)c1-c1ccc[nH]1. The zero-order valence-electron chi connectivity index (χ0n) is 11.5. The molecule has 3 nitrogen and oxygen atoms in total. The number of nitrogens with one attached hydrogen (secondary N) is 1. The van der Waals surface area contributed by atoms with Gasteiger partial charge < -0.3 is 9.72 Å². The van der Waals surface area contributed by atoms with E-state index in [2.05, 4.69) is 4.98 Å². The van der Waals surface area contributed by atoms with Gasteiger partial charge in [0.1, 0.15) is 12.4 Å². The van der Waals surface area contributed by atoms with E-state index in [-0.39, 0.29) is 0 Å². The summed E-state index contributed by atoms with van der Waals surface area (Å²) in [4.78, 5) is 14.4. The Morgan fingerprint density at radius 2 is 1.81 bits per heavy atom. The van der Waals surface area contributed by atoms with Crippen LogP contribution in [0.3, 0.4) is 0 Å². The van der Waals surface area contributed by atoms with E-state index in [0.29, 0.717) is 17.9 Å². The van der Waals surface area contributed by atoms with Crippen LogP contribution in [0.4, 0.5) is 0 Å². The molecular formula is C18H15NO2. The Morgan fingerprint density at radius 3 is 2.52 bits per heavy atom. The maximum Gasteiger partial charge on any atom is 0.150 e. The zero-order valence-corrected chi connectivity index (χ0v) is 11.5. The highest BCUT2D eigenvalue weighted by molar-refractivity contribution is 5.89. The first-order chi connectivity index (χ1) is 10.4. The van der Waals surface area contributed by atoms with Gasteiger partial charge in [-0.1, -0.05) is 42.5 Å². The zero-order chi connectivity index (χ0) is 14.5. The molecule has 1 aromatic heterocycles. The van der Waals surface area contributed by atoms with E-state index in [1.807, 2.05) is 60.8 Å². The molecule has 21 heavy (non-hydrogen) atoms. The number of ether oxygens (including phenoxy) is 1. The molecule has 0 aliphatic heterocycles. The molecule has 2 aromatic carbocycles. The number of carbonyl (C=O) groups is 1. The van der Waals surface area contributed by atoms with Gasteiger partial charge >= 0.3 is 0 Å². The summed E-state index contributed by atoms with van der Waals surface area (Å²) in [5, 5.41) is 0. The smallest absolute Gasteiger partial charge is 0.150 e. The number of hydrogen-bond donors (Lipinski definition) is 1. The summed E-state index contributed by atoms with van der Waals surface area (Å²) in [6.45, 7) is 0.469. The average Bonchev–Trinajstić information content (AvgIpc) is 3.07. The first-order valence-electron chi connectivity index (χ1n) is 6.77. The summed E-state index contributed by atoms with van der Waals surface area (Å²) >= 11 is 0. The van der Waals surface area contributed by atoms with E-state index in [1.54, 1.807) is 6.07 Å². The standard InChI is InChI=1S/C18H15NO2/c20-12-15-8-4-10-17(18(15)16-9-5-11-19-16)21-13-14-6-2-1-3-7-14/h1-12,19H,13H2. The molecule has 0 fully saturated rings. The lowest BCUT2D eigenvalue weighted by Gasteiger charge is -2.12. The molecule has 0 amide bonds. The van der Waals surface area contributed by atoms with E-state index in [9.17, 15) is 4.79 Å². The Labute approximate surface area is 123 Å². The Balaban J connectivity index is 1.93. The predicted octanol–water partition coefficient (Wildman–Crippen LogP) is 4.07. The third kappa shape index (κ3) is 2.87. The monoisotopic (exact) mass is 277 g/mol. The summed E-state index contributed by atoms with van der Waals surface area (Å²) < 4.78 is 5.91. The van der Waals surface area contributed by atoms with E-state index >= 15 is 0 Å². The van der Waals surface area contributed by atoms with Crippen LogP contribution in [-0.2, 0) is 6.61 Å². The Hall–Kier alpha value is -2.81. The van der Waals surface area contributed by atoms with Crippen LogP contribution in [0.1, 0.15) is 15.9 Å². The van der Waals surface area contributed by atoms with E-state index in [4.69, 9.17) is 4.74 Å². The number of H-pyrrole nitrogens is 1. The van der Waals surface area contributed by atoms with Crippen LogP contribution in [0.2, 0.25) is 0 Å². The van der Waals surface area contributed by atoms with Gasteiger partial charge in [0.05, 0.1) is 5.56 Å². The molecule has 3 heteroatoms. The highest BCUT2D eigenvalue weighted by atomic mass is 16.5. The van der Waals surface area contributed by atoms with Crippen molar-refractivity contribution < 1.29 is 9.53 Å².